The van der Waals surface area contributed by atoms with E-state index in [1.54, 1.807) is 0 Å². The Bertz CT molecular complexity index is 740. The molecule has 0 aliphatic rings. The van der Waals surface area contributed by atoms with Gasteiger partial charge < -0.3 is 0 Å². The highest BCUT2D eigenvalue weighted by atomic mass is 14.9. The Morgan fingerprint density at radius 2 is 1.82 bits per heavy atom. The second-order valence-electron chi connectivity index (χ2n) is 7.49. The first-order valence-electron chi connectivity index (χ1n) is 9.06. The quantitative estimate of drug-likeness (QED) is 0.703. The van der Waals surface area contributed by atoms with Crippen molar-refractivity contribution in [1.29, 1.82) is 0 Å². The molecule has 0 amide bonds. The van der Waals surface area contributed by atoms with Gasteiger partial charge in [0.2, 0.25) is 5.69 Å². The zero-order chi connectivity index (χ0) is 18.3. The normalized spacial score (nSPS) is 14.0. The van der Waals surface area contributed by atoms with E-state index in [4.69, 9.17) is 2.74 Å². The van der Waals surface area contributed by atoms with Crippen LogP contribution in [0.3, 0.4) is 0 Å². The predicted octanol–water partition coefficient (Wildman–Crippen LogP) is 4.98. The van der Waals surface area contributed by atoms with Gasteiger partial charge in [-0.25, -0.2) is 4.57 Å². The molecule has 0 saturated heterocycles. The van der Waals surface area contributed by atoms with Gasteiger partial charge in [0.25, 0.3) is 0 Å². The molecule has 0 unspecified atom stereocenters. The first-order chi connectivity index (χ1) is 10.9. The number of aromatic nitrogens is 1. The number of rotatable bonds is 3. The summed E-state index contributed by atoms with van der Waals surface area (Å²) >= 11 is 0. The average molecular weight is 298 g/mol. The van der Waals surface area contributed by atoms with Crippen LogP contribution in [0.5, 0.6) is 0 Å². The number of aryl methyl sites for hydroxylation is 2. The maximum Gasteiger partial charge on any atom is 0.212 e. The van der Waals surface area contributed by atoms with E-state index >= 15 is 0 Å². The molecule has 1 aromatic carbocycles. The molecule has 1 heterocycles. The van der Waals surface area contributed by atoms with Gasteiger partial charge in [-0.15, -0.1) is 0 Å². The van der Waals surface area contributed by atoms with Crippen molar-refractivity contribution in [2.75, 3.05) is 0 Å². The molecule has 2 aromatic rings. The van der Waals surface area contributed by atoms with Crippen LogP contribution in [0.4, 0.5) is 0 Å². The molecule has 0 aliphatic carbocycles. The van der Waals surface area contributed by atoms with E-state index in [1.165, 1.54) is 16.7 Å². The van der Waals surface area contributed by atoms with Gasteiger partial charge in [0.05, 0.1) is 0 Å². The maximum atomic E-state index is 8.29. The Labute approximate surface area is 138 Å². The van der Waals surface area contributed by atoms with Crippen molar-refractivity contribution < 1.29 is 7.31 Å². The standard InChI is InChI=1S/C21H30N/c1-15(2)12-17-8-11-20(22(7)14-17)19-10-9-18(13-16(19)3)21(4,5)6/h8-11,13-15H,12H2,1-7H3/q+1/i12D2. The minimum Gasteiger partial charge on any atom is -0.201 e. The zero-order valence-electron chi connectivity index (χ0n) is 17.0. The van der Waals surface area contributed by atoms with Gasteiger partial charge in [-0.1, -0.05) is 46.8 Å². The molecule has 0 spiro atoms. The highest BCUT2D eigenvalue weighted by Crippen LogP contribution is 2.28. The van der Waals surface area contributed by atoms with Crippen LogP contribution in [0.2, 0.25) is 0 Å². The molecule has 0 saturated carbocycles. The molecule has 0 N–H and O–H groups in total. The van der Waals surface area contributed by atoms with E-state index in [0.29, 0.717) is 0 Å². The summed E-state index contributed by atoms with van der Waals surface area (Å²) in [4.78, 5) is 0. The second kappa shape index (κ2) is 6.24. The molecule has 118 valence electrons. The Hall–Kier alpha value is -1.63. The lowest BCUT2D eigenvalue weighted by Crippen LogP contribution is -2.31. The summed E-state index contributed by atoms with van der Waals surface area (Å²) in [7, 11) is 1.99. The molecule has 0 bridgehead atoms. The summed E-state index contributed by atoms with van der Waals surface area (Å²) in [5.41, 5.74) is 5.76. The van der Waals surface area contributed by atoms with E-state index < -0.39 is 6.37 Å². The lowest BCUT2D eigenvalue weighted by molar-refractivity contribution is -0.660. The Morgan fingerprint density at radius 3 is 2.32 bits per heavy atom. The van der Waals surface area contributed by atoms with E-state index in [0.717, 1.165) is 11.3 Å². The molecule has 1 nitrogen and oxygen atoms in total. The fraction of sp³-hybridized carbons (Fsp3) is 0.476. The van der Waals surface area contributed by atoms with Crippen LogP contribution in [0.1, 0.15) is 54.1 Å². The van der Waals surface area contributed by atoms with Crippen LogP contribution in [-0.2, 0) is 18.8 Å². The smallest absolute Gasteiger partial charge is 0.201 e. The third-order valence-electron chi connectivity index (χ3n) is 3.96. The van der Waals surface area contributed by atoms with Gasteiger partial charge in [-0.05, 0) is 47.9 Å². The fourth-order valence-corrected chi connectivity index (χ4v) is 2.72. The third kappa shape index (κ3) is 3.76. The molecule has 22 heavy (non-hydrogen) atoms. The Balaban J connectivity index is 2.48. The molecule has 1 aromatic heterocycles. The van der Waals surface area contributed by atoms with Crippen molar-refractivity contribution in [3.63, 3.8) is 0 Å². The molecule has 2 rings (SSSR count). The van der Waals surface area contributed by atoms with Gasteiger partial charge in [-0.2, -0.15) is 0 Å². The third-order valence-corrected chi connectivity index (χ3v) is 3.96. The molecule has 0 aliphatic heterocycles. The SMILES string of the molecule is [2H]C([2H])(c1ccc(-c2ccc(C(C)(C)C)cc2C)[n+](C)c1)C(C)C. The van der Waals surface area contributed by atoms with Crippen LogP contribution in [0, 0.1) is 12.8 Å². The van der Waals surface area contributed by atoms with Gasteiger partial charge in [0, 0.05) is 19.9 Å². The summed E-state index contributed by atoms with van der Waals surface area (Å²) in [5, 5.41) is 0. The highest BCUT2D eigenvalue weighted by Gasteiger charge is 2.18. The molecule has 1 heteroatoms. The average Bonchev–Trinajstić information content (AvgIpc) is 2.46. The van der Waals surface area contributed by atoms with E-state index in [1.807, 2.05) is 43.8 Å². The van der Waals surface area contributed by atoms with Crippen LogP contribution in [-0.4, -0.2) is 0 Å². The monoisotopic (exact) mass is 298 g/mol. The van der Waals surface area contributed by atoms with Crippen molar-refractivity contribution in [2.24, 2.45) is 13.0 Å². The summed E-state index contributed by atoms with van der Waals surface area (Å²) in [5.74, 6) is -0.0591. The predicted molar refractivity (Wildman–Crippen MR) is 95.0 cm³/mol. The first-order valence-corrected chi connectivity index (χ1v) is 8.06. The maximum absolute atomic E-state index is 8.29. The second-order valence-corrected chi connectivity index (χ2v) is 7.49. The molecule has 0 atom stereocenters. The number of benzene rings is 1. The molecular formula is C21H30N+. The summed E-state index contributed by atoms with van der Waals surface area (Å²) in [6.07, 6.45) is 0.605. The van der Waals surface area contributed by atoms with Crippen LogP contribution >= 0.6 is 0 Å². The lowest BCUT2D eigenvalue weighted by atomic mass is 9.85. The van der Waals surface area contributed by atoms with Gasteiger partial charge >= 0.3 is 0 Å². The van der Waals surface area contributed by atoms with Crippen molar-refractivity contribution in [2.45, 2.75) is 53.3 Å². The minimum atomic E-state index is -1.32. The van der Waals surface area contributed by atoms with Crippen molar-refractivity contribution >= 4 is 0 Å². The lowest BCUT2D eigenvalue weighted by Gasteiger charge is -2.20. The topological polar surface area (TPSA) is 3.88 Å². The highest BCUT2D eigenvalue weighted by molar-refractivity contribution is 5.62. The van der Waals surface area contributed by atoms with E-state index in [9.17, 15) is 0 Å². The van der Waals surface area contributed by atoms with Crippen molar-refractivity contribution in [3.8, 4) is 11.3 Å². The van der Waals surface area contributed by atoms with E-state index in [2.05, 4.69) is 45.9 Å². The van der Waals surface area contributed by atoms with Crippen molar-refractivity contribution in [1.82, 2.24) is 0 Å². The largest absolute Gasteiger partial charge is 0.212 e. The van der Waals surface area contributed by atoms with E-state index in [-0.39, 0.29) is 11.3 Å². The first kappa shape index (κ1) is 14.0. The minimum absolute atomic E-state index is 0.0591. The summed E-state index contributed by atoms with van der Waals surface area (Å²) in [6.45, 7) is 12.7. The molecular weight excluding hydrogens is 266 g/mol. The summed E-state index contributed by atoms with van der Waals surface area (Å²) in [6, 6.07) is 10.6. The van der Waals surface area contributed by atoms with Crippen LogP contribution in [0.15, 0.2) is 36.5 Å². The summed E-state index contributed by atoms with van der Waals surface area (Å²) < 4.78 is 18.6. The van der Waals surface area contributed by atoms with Gasteiger partial charge in [0.15, 0.2) is 6.20 Å². The fourth-order valence-electron chi connectivity index (χ4n) is 2.72. The molecule has 0 fully saturated rings. The number of nitrogens with zero attached hydrogens (tertiary/aromatic N) is 1. The number of hydrogen-bond acceptors (Lipinski definition) is 0. The van der Waals surface area contributed by atoms with Crippen LogP contribution in [0.25, 0.3) is 11.3 Å². The number of hydrogen-bond donors (Lipinski definition) is 0. The van der Waals surface area contributed by atoms with Crippen molar-refractivity contribution in [3.05, 3.63) is 53.2 Å². The van der Waals surface area contributed by atoms with Gasteiger partial charge in [-0.3, -0.25) is 0 Å². The molecule has 0 radical (unpaired) electrons. The Morgan fingerprint density at radius 1 is 1.14 bits per heavy atom. The van der Waals surface area contributed by atoms with Gasteiger partial charge in [0.1, 0.15) is 7.05 Å². The zero-order valence-corrected chi connectivity index (χ0v) is 15.0. The number of pyridine rings is 1. The Kier molecular flexibility index (Phi) is 3.97. The van der Waals surface area contributed by atoms with Crippen LogP contribution < -0.4 is 4.57 Å².